The summed E-state index contributed by atoms with van der Waals surface area (Å²) in [7, 11) is 2.81. The Balaban J connectivity index is 2.96. The Bertz CT molecular complexity index is 533. The van der Waals surface area contributed by atoms with E-state index < -0.39 is 30.3 Å². The molecule has 8 heteroatoms. The number of carboxylic acids is 2. The molecule has 1 unspecified atom stereocenters. The number of rotatable bonds is 7. The molecule has 0 saturated heterocycles. The maximum absolute atomic E-state index is 12.0. The quantitative estimate of drug-likeness (QED) is 0.664. The van der Waals surface area contributed by atoms with Gasteiger partial charge < -0.3 is 25.0 Å². The molecule has 0 saturated carbocycles. The highest BCUT2D eigenvalue weighted by Crippen LogP contribution is 2.22. The molecular formula is C13H15NO7. The van der Waals surface area contributed by atoms with Crippen LogP contribution in [-0.2, 0) is 9.59 Å². The molecule has 114 valence electrons. The van der Waals surface area contributed by atoms with E-state index in [0.717, 1.165) is 0 Å². The molecule has 0 bridgehead atoms. The van der Waals surface area contributed by atoms with Crippen LogP contribution in [0.1, 0.15) is 16.8 Å². The van der Waals surface area contributed by atoms with Crippen molar-refractivity contribution in [2.24, 2.45) is 0 Å². The van der Waals surface area contributed by atoms with E-state index in [-0.39, 0.29) is 5.56 Å². The number of aliphatic carboxylic acids is 2. The predicted octanol–water partition coefficient (Wildman–Crippen LogP) is 0.361. The van der Waals surface area contributed by atoms with Crippen LogP contribution in [0.5, 0.6) is 11.5 Å². The van der Waals surface area contributed by atoms with Crippen molar-refractivity contribution in [2.45, 2.75) is 12.5 Å². The highest BCUT2D eigenvalue weighted by Gasteiger charge is 2.24. The van der Waals surface area contributed by atoms with E-state index in [1.807, 2.05) is 0 Å². The van der Waals surface area contributed by atoms with Gasteiger partial charge in [-0.15, -0.1) is 0 Å². The molecule has 1 aromatic carbocycles. The molecule has 0 aliphatic rings. The van der Waals surface area contributed by atoms with E-state index in [1.165, 1.54) is 26.4 Å². The monoisotopic (exact) mass is 297 g/mol. The summed E-state index contributed by atoms with van der Waals surface area (Å²) in [6.45, 7) is 0. The second-order valence-electron chi connectivity index (χ2n) is 4.06. The third-order valence-corrected chi connectivity index (χ3v) is 2.60. The van der Waals surface area contributed by atoms with Crippen LogP contribution in [0.3, 0.4) is 0 Å². The Morgan fingerprint density at radius 3 is 2.00 bits per heavy atom. The van der Waals surface area contributed by atoms with Gasteiger partial charge in [-0.25, -0.2) is 4.79 Å². The average Bonchev–Trinajstić information content (AvgIpc) is 2.45. The van der Waals surface area contributed by atoms with Gasteiger partial charge in [0.15, 0.2) is 0 Å². The van der Waals surface area contributed by atoms with E-state index in [4.69, 9.17) is 19.7 Å². The van der Waals surface area contributed by atoms with Gasteiger partial charge in [-0.05, 0) is 12.1 Å². The first kappa shape index (κ1) is 16.3. The Labute approximate surface area is 120 Å². The second-order valence-corrected chi connectivity index (χ2v) is 4.06. The summed E-state index contributed by atoms with van der Waals surface area (Å²) in [4.78, 5) is 33.5. The molecule has 1 rings (SSSR count). The van der Waals surface area contributed by atoms with Crippen LogP contribution in [0.2, 0.25) is 0 Å². The normalized spacial score (nSPS) is 11.3. The largest absolute Gasteiger partial charge is 0.497 e. The van der Waals surface area contributed by atoms with Crippen molar-refractivity contribution >= 4 is 17.8 Å². The minimum atomic E-state index is -1.52. The molecule has 1 amide bonds. The first-order chi connectivity index (χ1) is 9.87. The zero-order chi connectivity index (χ0) is 16.0. The Hall–Kier alpha value is -2.77. The van der Waals surface area contributed by atoms with Gasteiger partial charge in [0.2, 0.25) is 0 Å². The maximum atomic E-state index is 12.0. The van der Waals surface area contributed by atoms with Crippen molar-refractivity contribution < 1.29 is 34.1 Å². The fourth-order valence-electron chi connectivity index (χ4n) is 1.55. The minimum Gasteiger partial charge on any atom is -0.497 e. The molecule has 0 radical (unpaired) electrons. The van der Waals surface area contributed by atoms with Gasteiger partial charge in [-0.3, -0.25) is 9.59 Å². The minimum absolute atomic E-state index is 0.0999. The topological polar surface area (TPSA) is 122 Å². The third-order valence-electron chi connectivity index (χ3n) is 2.60. The zero-order valence-corrected chi connectivity index (χ0v) is 11.5. The number of benzene rings is 1. The van der Waals surface area contributed by atoms with Gasteiger partial charge >= 0.3 is 11.9 Å². The molecule has 21 heavy (non-hydrogen) atoms. The van der Waals surface area contributed by atoms with E-state index >= 15 is 0 Å². The SMILES string of the molecule is COc1cc(OC)cc(C(=O)NC(CC(=O)O)C(=O)O)c1. The van der Waals surface area contributed by atoms with Gasteiger partial charge in [-0.1, -0.05) is 0 Å². The Morgan fingerprint density at radius 1 is 1.10 bits per heavy atom. The van der Waals surface area contributed by atoms with Gasteiger partial charge in [0.25, 0.3) is 5.91 Å². The molecule has 3 N–H and O–H groups in total. The van der Waals surface area contributed by atoms with E-state index in [1.54, 1.807) is 6.07 Å². The van der Waals surface area contributed by atoms with E-state index in [0.29, 0.717) is 11.5 Å². The molecule has 1 aromatic rings. The number of carboxylic acid groups (broad SMARTS) is 2. The van der Waals surface area contributed by atoms with Gasteiger partial charge in [-0.2, -0.15) is 0 Å². The summed E-state index contributed by atoms with van der Waals surface area (Å²) < 4.78 is 9.99. The average molecular weight is 297 g/mol. The summed E-state index contributed by atoms with van der Waals surface area (Å²) in [6, 6.07) is 2.80. The molecule has 0 heterocycles. The smallest absolute Gasteiger partial charge is 0.326 e. The first-order valence-corrected chi connectivity index (χ1v) is 5.86. The standard InChI is InChI=1S/C13H15NO7/c1-20-8-3-7(4-9(5-8)21-2)12(17)14-10(13(18)19)6-11(15)16/h3-5,10H,6H2,1-2H3,(H,14,17)(H,15,16)(H,18,19). The maximum Gasteiger partial charge on any atom is 0.326 e. The van der Waals surface area contributed by atoms with Crippen molar-refractivity contribution in [3.8, 4) is 11.5 Å². The Morgan fingerprint density at radius 2 is 1.62 bits per heavy atom. The molecule has 1 atom stereocenters. The lowest BCUT2D eigenvalue weighted by atomic mass is 10.1. The molecule has 8 nitrogen and oxygen atoms in total. The lowest BCUT2D eigenvalue weighted by Crippen LogP contribution is -2.42. The summed E-state index contributed by atoms with van der Waals surface area (Å²) in [6.07, 6.45) is -0.720. The second kappa shape index (κ2) is 7.13. The van der Waals surface area contributed by atoms with Crippen LogP contribution in [0.4, 0.5) is 0 Å². The van der Waals surface area contributed by atoms with Crippen LogP contribution in [0, 0.1) is 0 Å². The summed E-state index contributed by atoms with van der Waals surface area (Å²) in [5.41, 5.74) is 0.0999. The highest BCUT2D eigenvalue weighted by molar-refractivity contribution is 5.98. The van der Waals surface area contributed by atoms with Crippen molar-refractivity contribution in [3.63, 3.8) is 0 Å². The van der Waals surface area contributed by atoms with Crippen LogP contribution < -0.4 is 14.8 Å². The number of carbonyl (C=O) groups excluding carboxylic acids is 1. The summed E-state index contributed by atoms with van der Waals surface area (Å²) >= 11 is 0. The fourth-order valence-corrected chi connectivity index (χ4v) is 1.55. The molecule has 0 spiro atoms. The van der Waals surface area contributed by atoms with Crippen molar-refractivity contribution in [2.75, 3.05) is 14.2 Å². The lowest BCUT2D eigenvalue weighted by Gasteiger charge is -2.13. The lowest BCUT2D eigenvalue weighted by molar-refractivity contribution is -0.145. The van der Waals surface area contributed by atoms with Crippen molar-refractivity contribution in [1.82, 2.24) is 5.32 Å². The molecule has 0 fully saturated rings. The highest BCUT2D eigenvalue weighted by atomic mass is 16.5. The van der Waals surface area contributed by atoms with Crippen LogP contribution >= 0.6 is 0 Å². The van der Waals surface area contributed by atoms with Crippen LogP contribution in [-0.4, -0.2) is 48.3 Å². The van der Waals surface area contributed by atoms with Gasteiger partial charge in [0.05, 0.1) is 20.6 Å². The summed E-state index contributed by atoms with van der Waals surface area (Å²) in [5.74, 6) is -2.79. The number of amides is 1. The Kier molecular flexibility index (Phi) is 5.53. The van der Waals surface area contributed by atoms with Crippen LogP contribution in [0.25, 0.3) is 0 Å². The number of carbonyl (C=O) groups is 3. The van der Waals surface area contributed by atoms with E-state index in [9.17, 15) is 14.4 Å². The number of hydrogen-bond acceptors (Lipinski definition) is 5. The first-order valence-electron chi connectivity index (χ1n) is 5.86. The number of nitrogens with one attached hydrogen (secondary N) is 1. The molecule has 0 aliphatic heterocycles. The number of ether oxygens (including phenoxy) is 2. The van der Waals surface area contributed by atoms with Crippen molar-refractivity contribution in [1.29, 1.82) is 0 Å². The van der Waals surface area contributed by atoms with Gasteiger partial charge in [0.1, 0.15) is 17.5 Å². The van der Waals surface area contributed by atoms with Crippen LogP contribution in [0.15, 0.2) is 18.2 Å². The third kappa shape index (κ3) is 4.68. The molecular weight excluding hydrogens is 282 g/mol. The molecule has 0 aliphatic carbocycles. The predicted molar refractivity (Wildman–Crippen MR) is 70.7 cm³/mol. The zero-order valence-electron chi connectivity index (χ0n) is 11.5. The number of methoxy groups -OCH3 is 2. The van der Waals surface area contributed by atoms with E-state index in [2.05, 4.69) is 5.32 Å². The fraction of sp³-hybridized carbons (Fsp3) is 0.308. The van der Waals surface area contributed by atoms with Crippen molar-refractivity contribution in [3.05, 3.63) is 23.8 Å². The number of hydrogen-bond donors (Lipinski definition) is 3. The summed E-state index contributed by atoms with van der Waals surface area (Å²) in [5, 5.41) is 19.7. The van der Waals surface area contributed by atoms with Gasteiger partial charge in [0, 0.05) is 11.6 Å². The molecule has 0 aromatic heterocycles.